The van der Waals surface area contributed by atoms with E-state index in [0.29, 0.717) is 6.04 Å². The van der Waals surface area contributed by atoms with Gasteiger partial charge in [0.25, 0.3) is 0 Å². The van der Waals surface area contributed by atoms with Crippen LogP contribution in [0.2, 0.25) is 0 Å². The minimum atomic E-state index is -0.391. The quantitative estimate of drug-likeness (QED) is 0.518. The highest BCUT2D eigenvalue weighted by Crippen LogP contribution is 2.29. The van der Waals surface area contributed by atoms with Crippen molar-refractivity contribution >= 4 is 28.7 Å². The number of alkyl halides is 1. The number of nitrogens with one attached hydrogen (secondary N) is 1. The van der Waals surface area contributed by atoms with Crippen molar-refractivity contribution in [3.05, 3.63) is 0 Å². The van der Waals surface area contributed by atoms with Gasteiger partial charge in [0.15, 0.2) is 0 Å². The molecule has 24 heavy (non-hydrogen) atoms. The van der Waals surface area contributed by atoms with Crippen LogP contribution in [0.25, 0.3) is 0 Å². The maximum absolute atomic E-state index is 12.1. The summed E-state index contributed by atoms with van der Waals surface area (Å²) in [6, 6.07) is 1.79. The van der Waals surface area contributed by atoms with Crippen LogP contribution in [0.15, 0.2) is 0 Å². The molecule has 1 heterocycles. The number of halogens is 1. The Morgan fingerprint density at radius 1 is 1.08 bits per heavy atom. The van der Waals surface area contributed by atoms with E-state index >= 15 is 0 Å². The normalized spacial score (nSPS) is 30.1. The SMILES string of the molecule is CC(C)(CI)OC(=O)N[C@@H]1CCC[C@H](N2CCN(C3CC3)CC2)C1. The van der Waals surface area contributed by atoms with Gasteiger partial charge < -0.3 is 10.1 Å². The van der Waals surface area contributed by atoms with E-state index in [2.05, 4.69) is 37.7 Å². The summed E-state index contributed by atoms with van der Waals surface area (Å²) in [5.74, 6) is 0. The Bertz CT molecular complexity index is 434. The van der Waals surface area contributed by atoms with Gasteiger partial charge in [-0.1, -0.05) is 22.6 Å². The van der Waals surface area contributed by atoms with Crippen molar-refractivity contribution < 1.29 is 9.53 Å². The van der Waals surface area contributed by atoms with Crippen LogP contribution in [0.3, 0.4) is 0 Å². The highest BCUT2D eigenvalue weighted by molar-refractivity contribution is 14.1. The summed E-state index contributed by atoms with van der Waals surface area (Å²) in [4.78, 5) is 17.5. The lowest BCUT2D eigenvalue weighted by atomic mass is 9.89. The molecule has 1 amide bonds. The molecule has 0 spiro atoms. The van der Waals surface area contributed by atoms with E-state index in [1.807, 2.05) is 13.8 Å². The van der Waals surface area contributed by atoms with Crippen LogP contribution in [-0.2, 0) is 4.74 Å². The van der Waals surface area contributed by atoms with Gasteiger partial charge in [-0.3, -0.25) is 9.80 Å². The third kappa shape index (κ3) is 5.21. The number of alkyl carbamates (subject to hydrolysis) is 1. The van der Waals surface area contributed by atoms with Gasteiger partial charge in [-0.2, -0.15) is 0 Å². The molecule has 2 saturated carbocycles. The molecule has 0 aromatic rings. The molecule has 3 rings (SSSR count). The first-order valence-electron chi connectivity index (χ1n) is 9.50. The van der Waals surface area contributed by atoms with Gasteiger partial charge in [-0.15, -0.1) is 0 Å². The molecule has 0 unspecified atom stereocenters. The molecule has 2 aliphatic carbocycles. The van der Waals surface area contributed by atoms with Crippen molar-refractivity contribution in [3.63, 3.8) is 0 Å². The zero-order valence-electron chi connectivity index (χ0n) is 15.1. The molecule has 0 aromatic heterocycles. The summed E-state index contributed by atoms with van der Waals surface area (Å²) in [6.07, 6.45) is 7.20. The first-order valence-corrected chi connectivity index (χ1v) is 11.0. The number of piperazine rings is 1. The lowest BCUT2D eigenvalue weighted by Crippen LogP contribution is -2.53. The van der Waals surface area contributed by atoms with E-state index in [1.54, 1.807) is 0 Å². The lowest BCUT2D eigenvalue weighted by molar-refractivity contribution is 0.0465. The average Bonchev–Trinajstić information content (AvgIpc) is 3.40. The predicted molar refractivity (Wildman–Crippen MR) is 105 cm³/mol. The van der Waals surface area contributed by atoms with Gasteiger partial charge in [0.1, 0.15) is 5.60 Å². The first-order chi connectivity index (χ1) is 11.5. The number of ether oxygens (including phenoxy) is 1. The minimum Gasteiger partial charge on any atom is -0.443 e. The summed E-state index contributed by atoms with van der Waals surface area (Å²) >= 11 is 2.26. The zero-order chi connectivity index (χ0) is 17.2. The minimum absolute atomic E-state index is 0.249. The fraction of sp³-hybridized carbons (Fsp3) is 0.944. The maximum Gasteiger partial charge on any atom is 0.407 e. The molecule has 1 saturated heterocycles. The molecule has 2 atom stereocenters. The van der Waals surface area contributed by atoms with E-state index in [-0.39, 0.29) is 12.1 Å². The molecule has 0 aromatic carbocycles. The molecule has 3 fully saturated rings. The van der Waals surface area contributed by atoms with Crippen LogP contribution in [0.5, 0.6) is 0 Å². The average molecular weight is 449 g/mol. The Hall–Kier alpha value is -0.0800. The Balaban J connectivity index is 1.43. The van der Waals surface area contributed by atoms with Crippen LogP contribution >= 0.6 is 22.6 Å². The van der Waals surface area contributed by atoms with Gasteiger partial charge in [-0.25, -0.2) is 4.79 Å². The largest absolute Gasteiger partial charge is 0.443 e. The zero-order valence-corrected chi connectivity index (χ0v) is 17.3. The molecule has 1 N–H and O–H groups in total. The molecule has 0 bridgehead atoms. The Kier molecular flexibility index (Phi) is 6.30. The smallest absolute Gasteiger partial charge is 0.407 e. The molecule has 1 aliphatic heterocycles. The lowest BCUT2D eigenvalue weighted by Gasteiger charge is -2.42. The summed E-state index contributed by atoms with van der Waals surface area (Å²) < 4.78 is 6.34. The van der Waals surface area contributed by atoms with Crippen molar-refractivity contribution in [1.29, 1.82) is 0 Å². The molecule has 5 nitrogen and oxygen atoms in total. The highest BCUT2D eigenvalue weighted by atomic mass is 127. The van der Waals surface area contributed by atoms with Crippen LogP contribution in [-0.4, -0.2) is 70.2 Å². The number of hydrogen-bond acceptors (Lipinski definition) is 4. The number of rotatable bonds is 5. The predicted octanol–water partition coefficient (Wildman–Crippen LogP) is 3.02. The van der Waals surface area contributed by atoms with Crippen molar-refractivity contribution in [2.75, 3.05) is 30.6 Å². The standard InChI is InChI=1S/C18H32IN3O2/c1-18(2,13-19)24-17(23)20-14-4-3-5-16(12-14)22-10-8-21(9-11-22)15-6-7-15/h14-16H,3-13H2,1-2H3,(H,20,23)/t14-,16+/m1/s1. The number of nitrogens with zero attached hydrogens (tertiary/aromatic N) is 2. The van der Waals surface area contributed by atoms with Crippen LogP contribution < -0.4 is 5.32 Å². The van der Waals surface area contributed by atoms with E-state index < -0.39 is 5.60 Å². The summed E-state index contributed by atoms with van der Waals surface area (Å²) in [5.41, 5.74) is -0.391. The number of carbonyl (C=O) groups is 1. The van der Waals surface area contributed by atoms with E-state index in [1.165, 1.54) is 51.9 Å². The maximum atomic E-state index is 12.1. The van der Waals surface area contributed by atoms with E-state index in [9.17, 15) is 4.79 Å². The molecule has 0 radical (unpaired) electrons. The fourth-order valence-electron chi connectivity index (χ4n) is 4.01. The molecule has 3 aliphatic rings. The summed E-state index contributed by atoms with van der Waals surface area (Å²) in [5, 5.41) is 3.11. The second kappa shape index (κ2) is 8.08. The van der Waals surface area contributed by atoms with Crippen LogP contribution in [0.4, 0.5) is 4.79 Å². The summed E-state index contributed by atoms with van der Waals surface area (Å²) in [7, 11) is 0. The first kappa shape index (κ1) is 18.7. The van der Waals surface area contributed by atoms with Crippen molar-refractivity contribution in [1.82, 2.24) is 15.1 Å². The van der Waals surface area contributed by atoms with Crippen LogP contribution in [0, 0.1) is 0 Å². The third-order valence-corrected chi connectivity index (χ3v) is 7.42. The highest BCUT2D eigenvalue weighted by Gasteiger charge is 2.34. The van der Waals surface area contributed by atoms with E-state index in [0.717, 1.165) is 23.3 Å². The Morgan fingerprint density at radius 2 is 1.71 bits per heavy atom. The fourth-order valence-corrected chi connectivity index (χ4v) is 4.16. The molecular weight excluding hydrogens is 417 g/mol. The van der Waals surface area contributed by atoms with Crippen molar-refractivity contribution in [2.45, 2.75) is 76.1 Å². The number of amides is 1. The van der Waals surface area contributed by atoms with Gasteiger partial charge in [0, 0.05) is 48.7 Å². The van der Waals surface area contributed by atoms with Gasteiger partial charge >= 0.3 is 6.09 Å². The monoisotopic (exact) mass is 449 g/mol. The third-order valence-electron chi connectivity index (χ3n) is 5.59. The van der Waals surface area contributed by atoms with Crippen molar-refractivity contribution in [3.8, 4) is 0 Å². The number of hydrogen-bond donors (Lipinski definition) is 1. The van der Waals surface area contributed by atoms with E-state index in [4.69, 9.17) is 4.74 Å². The molecule has 138 valence electrons. The Labute approximate surface area is 160 Å². The Morgan fingerprint density at radius 3 is 2.29 bits per heavy atom. The molecule has 6 heteroatoms. The second-order valence-corrected chi connectivity index (χ2v) is 9.01. The topological polar surface area (TPSA) is 44.8 Å². The summed E-state index contributed by atoms with van der Waals surface area (Å²) in [6.45, 7) is 8.76. The van der Waals surface area contributed by atoms with Crippen LogP contribution in [0.1, 0.15) is 52.4 Å². The molecular formula is C18H32IN3O2. The second-order valence-electron chi connectivity index (χ2n) is 8.25. The van der Waals surface area contributed by atoms with Gasteiger partial charge in [0.05, 0.1) is 0 Å². The van der Waals surface area contributed by atoms with Gasteiger partial charge in [0.2, 0.25) is 0 Å². The van der Waals surface area contributed by atoms with Gasteiger partial charge in [-0.05, 0) is 52.4 Å². The number of carbonyl (C=O) groups excluding carboxylic acids is 1. The van der Waals surface area contributed by atoms with Crippen molar-refractivity contribution in [2.24, 2.45) is 0 Å².